The van der Waals surface area contributed by atoms with E-state index >= 15 is 0 Å². The molecule has 0 radical (unpaired) electrons. The molecule has 158 valence electrons. The third-order valence-corrected chi connectivity index (χ3v) is 5.32. The van der Waals surface area contributed by atoms with Crippen LogP contribution in [0.4, 0.5) is 5.69 Å². The van der Waals surface area contributed by atoms with Gasteiger partial charge < -0.3 is 14.8 Å². The molecule has 9 heteroatoms. The second-order valence-corrected chi connectivity index (χ2v) is 7.44. The minimum absolute atomic E-state index is 0.141. The highest BCUT2D eigenvalue weighted by molar-refractivity contribution is 7.99. The van der Waals surface area contributed by atoms with Crippen molar-refractivity contribution in [2.45, 2.75) is 12.1 Å². The van der Waals surface area contributed by atoms with Gasteiger partial charge in [-0.3, -0.25) is 4.79 Å². The molecule has 4 rings (SSSR count). The molecule has 0 unspecified atom stereocenters. The number of aromatic nitrogens is 4. The molecular weight excluding hydrogens is 414 g/mol. The van der Waals surface area contributed by atoms with E-state index in [1.54, 1.807) is 11.6 Å². The van der Waals surface area contributed by atoms with Crippen LogP contribution in [-0.4, -0.2) is 45.2 Å². The molecule has 0 spiro atoms. The Morgan fingerprint density at radius 2 is 1.74 bits per heavy atom. The van der Waals surface area contributed by atoms with Crippen molar-refractivity contribution in [1.82, 2.24) is 19.8 Å². The van der Waals surface area contributed by atoms with Crippen molar-refractivity contribution in [3.63, 3.8) is 0 Å². The lowest BCUT2D eigenvalue weighted by molar-refractivity contribution is -0.113. The molecule has 1 N–H and O–H groups in total. The molecule has 0 saturated carbocycles. The van der Waals surface area contributed by atoms with Gasteiger partial charge in [0.2, 0.25) is 11.1 Å². The van der Waals surface area contributed by atoms with E-state index in [0.717, 1.165) is 22.8 Å². The average molecular weight is 436 g/mol. The summed E-state index contributed by atoms with van der Waals surface area (Å²) in [4.78, 5) is 12.4. The van der Waals surface area contributed by atoms with E-state index in [2.05, 4.69) is 20.6 Å². The number of thioether (sulfide) groups is 1. The van der Waals surface area contributed by atoms with Crippen LogP contribution < -0.4 is 14.8 Å². The van der Waals surface area contributed by atoms with Gasteiger partial charge in [-0.15, -0.1) is 10.2 Å². The van der Waals surface area contributed by atoms with Crippen molar-refractivity contribution >= 4 is 29.0 Å². The molecule has 2 aromatic carbocycles. The van der Waals surface area contributed by atoms with Crippen LogP contribution in [0.5, 0.6) is 11.5 Å². The van der Waals surface area contributed by atoms with Gasteiger partial charge in [0.05, 0.1) is 25.2 Å². The van der Waals surface area contributed by atoms with Crippen LogP contribution in [0, 0.1) is 0 Å². The summed E-state index contributed by atoms with van der Waals surface area (Å²) in [6.45, 7) is 2.53. The standard InChI is InChI=1S/C22H21N5O3S/c1-3-30-18-10-6-16(7-11-18)23-21(28)14-31-22-25-24-20-13-12-19(26-27(20)22)15-4-8-17(29-2)9-5-15/h4-13H,3,14H2,1-2H3,(H,23,28). The first-order chi connectivity index (χ1) is 15.2. The number of nitrogens with zero attached hydrogens (tertiary/aromatic N) is 4. The number of ether oxygens (including phenoxy) is 2. The van der Waals surface area contributed by atoms with E-state index in [-0.39, 0.29) is 11.7 Å². The smallest absolute Gasteiger partial charge is 0.234 e. The second-order valence-electron chi connectivity index (χ2n) is 6.49. The van der Waals surface area contributed by atoms with Crippen LogP contribution >= 0.6 is 11.8 Å². The van der Waals surface area contributed by atoms with Crippen LogP contribution in [0.15, 0.2) is 65.8 Å². The Bertz CT molecular complexity index is 1180. The maximum absolute atomic E-state index is 12.4. The zero-order valence-corrected chi connectivity index (χ0v) is 17.9. The maximum atomic E-state index is 12.4. The molecule has 0 fully saturated rings. The Morgan fingerprint density at radius 1 is 1.00 bits per heavy atom. The van der Waals surface area contributed by atoms with Crippen molar-refractivity contribution < 1.29 is 14.3 Å². The van der Waals surface area contributed by atoms with Crippen LogP contribution in [-0.2, 0) is 4.79 Å². The molecule has 1 amide bonds. The van der Waals surface area contributed by atoms with Crippen molar-refractivity contribution in [2.24, 2.45) is 0 Å². The largest absolute Gasteiger partial charge is 0.497 e. The number of hydrogen-bond donors (Lipinski definition) is 1. The fourth-order valence-corrected chi connectivity index (χ4v) is 3.59. The summed E-state index contributed by atoms with van der Waals surface area (Å²) in [5, 5.41) is 16.3. The summed E-state index contributed by atoms with van der Waals surface area (Å²) in [5.74, 6) is 1.59. The lowest BCUT2D eigenvalue weighted by Crippen LogP contribution is -2.14. The van der Waals surface area contributed by atoms with Gasteiger partial charge in [0, 0.05) is 11.3 Å². The Kier molecular flexibility index (Phi) is 6.32. The number of carbonyl (C=O) groups is 1. The Balaban J connectivity index is 1.43. The lowest BCUT2D eigenvalue weighted by atomic mass is 10.1. The fourth-order valence-electron chi connectivity index (χ4n) is 2.90. The molecule has 0 bridgehead atoms. The summed E-state index contributed by atoms with van der Waals surface area (Å²) in [7, 11) is 1.63. The van der Waals surface area contributed by atoms with Crippen molar-refractivity contribution in [3.05, 3.63) is 60.7 Å². The van der Waals surface area contributed by atoms with Gasteiger partial charge in [-0.05, 0) is 67.6 Å². The minimum atomic E-state index is -0.141. The molecule has 0 atom stereocenters. The predicted octanol–water partition coefficient (Wildman–Crippen LogP) is 3.93. The molecule has 8 nitrogen and oxygen atoms in total. The highest BCUT2D eigenvalue weighted by Crippen LogP contribution is 2.23. The Labute approximate surface area is 183 Å². The monoisotopic (exact) mass is 435 g/mol. The molecule has 0 aliphatic carbocycles. The summed E-state index contributed by atoms with van der Waals surface area (Å²) < 4.78 is 12.3. The molecule has 31 heavy (non-hydrogen) atoms. The highest BCUT2D eigenvalue weighted by Gasteiger charge is 2.12. The van der Waals surface area contributed by atoms with Gasteiger partial charge >= 0.3 is 0 Å². The van der Waals surface area contributed by atoms with Crippen molar-refractivity contribution in [2.75, 3.05) is 24.8 Å². The number of methoxy groups -OCH3 is 1. The van der Waals surface area contributed by atoms with Crippen molar-refractivity contribution in [1.29, 1.82) is 0 Å². The zero-order chi connectivity index (χ0) is 21.6. The second kappa shape index (κ2) is 9.48. The Morgan fingerprint density at radius 3 is 2.45 bits per heavy atom. The normalized spacial score (nSPS) is 10.8. The van der Waals surface area contributed by atoms with E-state index in [1.165, 1.54) is 11.8 Å². The van der Waals surface area contributed by atoms with Gasteiger partial charge in [-0.1, -0.05) is 11.8 Å². The maximum Gasteiger partial charge on any atom is 0.234 e. The number of benzene rings is 2. The fraction of sp³-hybridized carbons (Fsp3) is 0.182. The predicted molar refractivity (Wildman–Crippen MR) is 120 cm³/mol. The summed E-state index contributed by atoms with van der Waals surface area (Å²) in [6.07, 6.45) is 0. The molecule has 2 heterocycles. The molecule has 0 aliphatic rings. The van der Waals surface area contributed by atoms with E-state index in [1.807, 2.05) is 67.6 Å². The molecule has 0 saturated heterocycles. The highest BCUT2D eigenvalue weighted by atomic mass is 32.2. The van der Waals surface area contributed by atoms with E-state index in [9.17, 15) is 4.79 Å². The number of rotatable bonds is 8. The quantitative estimate of drug-likeness (QED) is 0.419. The minimum Gasteiger partial charge on any atom is -0.497 e. The first kappa shape index (κ1) is 20.7. The number of hydrogen-bond acceptors (Lipinski definition) is 7. The van der Waals surface area contributed by atoms with Gasteiger partial charge in [-0.25, -0.2) is 0 Å². The van der Waals surface area contributed by atoms with Crippen molar-refractivity contribution in [3.8, 4) is 22.8 Å². The number of nitrogens with one attached hydrogen (secondary N) is 1. The van der Waals surface area contributed by atoms with Crippen LogP contribution in [0.3, 0.4) is 0 Å². The van der Waals surface area contributed by atoms with Gasteiger partial charge in [0.25, 0.3) is 0 Å². The number of fused-ring (bicyclic) bond motifs is 1. The first-order valence-electron chi connectivity index (χ1n) is 9.68. The van der Waals surface area contributed by atoms with Gasteiger partial charge in [0.1, 0.15) is 11.5 Å². The third-order valence-electron chi connectivity index (χ3n) is 4.40. The number of anilines is 1. The van der Waals surface area contributed by atoms with E-state index in [4.69, 9.17) is 9.47 Å². The van der Waals surface area contributed by atoms with E-state index in [0.29, 0.717) is 23.1 Å². The zero-order valence-electron chi connectivity index (χ0n) is 17.1. The molecule has 4 aromatic rings. The number of amides is 1. The van der Waals surface area contributed by atoms with Crippen LogP contribution in [0.2, 0.25) is 0 Å². The third kappa shape index (κ3) is 4.95. The summed E-state index contributed by atoms with van der Waals surface area (Å²) >= 11 is 1.28. The first-order valence-corrected chi connectivity index (χ1v) is 10.7. The molecule has 2 aromatic heterocycles. The SMILES string of the molecule is CCOc1ccc(NC(=O)CSc2nnc3ccc(-c4ccc(OC)cc4)nn23)cc1. The van der Waals surface area contributed by atoms with Crippen LogP contribution in [0.1, 0.15) is 6.92 Å². The average Bonchev–Trinajstić information content (AvgIpc) is 3.21. The topological polar surface area (TPSA) is 90.6 Å². The van der Waals surface area contributed by atoms with Crippen LogP contribution in [0.25, 0.3) is 16.9 Å². The van der Waals surface area contributed by atoms with E-state index < -0.39 is 0 Å². The Hall–Kier alpha value is -3.59. The molecule has 0 aliphatic heterocycles. The summed E-state index contributed by atoms with van der Waals surface area (Å²) in [6, 6.07) is 18.6. The van der Waals surface area contributed by atoms with Gasteiger partial charge in [-0.2, -0.15) is 9.61 Å². The number of carbonyl (C=O) groups excluding carboxylic acids is 1. The van der Waals surface area contributed by atoms with Gasteiger partial charge in [0.15, 0.2) is 5.65 Å². The summed E-state index contributed by atoms with van der Waals surface area (Å²) in [5.41, 5.74) is 3.04. The molecular formula is C22H21N5O3S. The lowest BCUT2D eigenvalue weighted by Gasteiger charge is -2.07.